The zero-order chi connectivity index (χ0) is 14.9. The van der Waals surface area contributed by atoms with E-state index in [0.29, 0.717) is 18.1 Å². The molecule has 0 saturated heterocycles. The molecule has 5 nitrogen and oxygen atoms in total. The highest BCUT2D eigenvalue weighted by atomic mass is 19.1. The Balaban J connectivity index is 2.50. The van der Waals surface area contributed by atoms with Crippen LogP contribution in [-0.4, -0.2) is 21.6 Å². The van der Waals surface area contributed by atoms with E-state index in [-0.39, 0.29) is 11.2 Å². The van der Waals surface area contributed by atoms with Crippen molar-refractivity contribution in [1.82, 2.24) is 15.0 Å². The fraction of sp³-hybridized carbons (Fsp3) is 0.429. The van der Waals surface area contributed by atoms with Gasteiger partial charge in [0, 0.05) is 11.5 Å². The van der Waals surface area contributed by atoms with Crippen LogP contribution in [0.1, 0.15) is 33.4 Å². The fourth-order valence-corrected chi connectivity index (χ4v) is 2.07. The molecule has 0 fully saturated rings. The lowest BCUT2D eigenvalue weighted by Gasteiger charge is -2.20. The maximum absolute atomic E-state index is 13.9. The van der Waals surface area contributed by atoms with Crippen molar-refractivity contribution in [2.45, 2.75) is 33.1 Å². The number of aromatic nitrogens is 3. The second kappa shape index (κ2) is 5.11. The van der Waals surface area contributed by atoms with Crippen molar-refractivity contribution >= 4 is 5.82 Å². The van der Waals surface area contributed by atoms with Crippen LogP contribution in [0.2, 0.25) is 0 Å². The number of benzene rings is 1. The van der Waals surface area contributed by atoms with Crippen molar-refractivity contribution in [1.29, 1.82) is 0 Å². The van der Waals surface area contributed by atoms with E-state index >= 15 is 0 Å². The Kier molecular flexibility index (Phi) is 3.65. The van der Waals surface area contributed by atoms with Gasteiger partial charge in [-0.2, -0.15) is 0 Å². The molecule has 2 N–H and O–H groups in total. The van der Waals surface area contributed by atoms with Crippen LogP contribution >= 0.6 is 0 Å². The van der Waals surface area contributed by atoms with Crippen LogP contribution in [-0.2, 0) is 5.41 Å². The van der Waals surface area contributed by atoms with Gasteiger partial charge in [-0.25, -0.2) is 9.07 Å². The topological polar surface area (TPSA) is 66.0 Å². The highest BCUT2D eigenvalue weighted by Crippen LogP contribution is 2.29. The van der Waals surface area contributed by atoms with Crippen molar-refractivity contribution < 1.29 is 9.13 Å². The van der Waals surface area contributed by atoms with Crippen molar-refractivity contribution in [2.75, 3.05) is 12.3 Å². The molecule has 0 unspecified atom stereocenters. The molecule has 0 radical (unpaired) electrons. The van der Waals surface area contributed by atoms with Crippen molar-refractivity contribution in [3.8, 4) is 11.4 Å². The average molecular weight is 278 g/mol. The van der Waals surface area contributed by atoms with Gasteiger partial charge in [-0.1, -0.05) is 26.0 Å². The first-order valence-electron chi connectivity index (χ1n) is 6.49. The molecule has 20 heavy (non-hydrogen) atoms. The number of nitrogens with zero attached hydrogens (tertiary/aromatic N) is 3. The Hall–Kier alpha value is -2.11. The minimum atomic E-state index is -0.432. The summed E-state index contributed by atoms with van der Waals surface area (Å²) >= 11 is 0. The van der Waals surface area contributed by atoms with Crippen LogP contribution in [0.15, 0.2) is 18.2 Å². The Labute approximate surface area is 117 Å². The molecular formula is C14H19FN4O. The molecule has 2 rings (SSSR count). The van der Waals surface area contributed by atoms with Gasteiger partial charge in [0.1, 0.15) is 0 Å². The molecule has 0 bridgehead atoms. The van der Waals surface area contributed by atoms with Gasteiger partial charge < -0.3 is 10.5 Å². The smallest absolute Gasteiger partial charge is 0.170 e. The minimum Gasteiger partial charge on any atom is -0.491 e. The molecule has 1 heterocycles. The quantitative estimate of drug-likeness (QED) is 0.937. The lowest BCUT2D eigenvalue weighted by atomic mass is 9.91. The molecule has 6 heteroatoms. The largest absolute Gasteiger partial charge is 0.491 e. The Morgan fingerprint density at radius 2 is 2.05 bits per heavy atom. The fourth-order valence-electron chi connectivity index (χ4n) is 2.07. The molecule has 0 aliphatic rings. The third-order valence-electron chi connectivity index (χ3n) is 2.87. The standard InChI is InChI=1S/C14H19FN4O/c1-5-20-11-7-6-9(8-10(11)15)19-12(14(2,3)4)13(16)17-18-19/h6-8H,5,16H2,1-4H3. The van der Waals surface area contributed by atoms with Gasteiger partial charge in [0.25, 0.3) is 0 Å². The number of halogens is 1. The van der Waals surface area contributed by atoms with E-state index in [9.17, 15) is 4.39 Å². The Morgan fingerprint density at radius 3 is 2.60 bits per heavy atom. The highest BCUT2D eigenvalue weighted by Gasteiger charge is 2.25. The number of hydrogen-bond acceptors (Lipinski definition) is 4. The number of rotatable bonds is 3. The summed E-state index contributed by atoms with van der Waals surface area (Å²) in [6.45, 7) is 8.24. The molecule has 1 aromatic heterocycles. The monoisotopic (exact) mass is 278 g/mol. The molecular weight excluding hydrogens is 259 g/mol. The molecule has 2 aromatic rings. The summed E-state index contributed by atoms with van der Waals surface area (Å²) in [5.41, 5.74) is 6.94. The summed E-state index contributed by atoms with van der Waals surface area (Å²) in [7, 11) is 0. The zero-order valence-electron chi connectivity index (χ0n) is 12.1. The summed E-state index contributed by atoms with van der Waals surface area (Å²) < 4.78 is 20.7. The first kappa shape index (κ1) is 14.3. The second-order valence-electron chi connectivity index (χ2n) is 5.53. The summed E-state index contributed by atoms with van der Waals surface area (Å²) in [4.78, 5) is 0. The number of nitrogen functional groups attached to an aromatic ring is 1. The third kappa shape index (κ3) is 2.59. The highest BCUT2D eigenvalue weighted by molar-refractivity contribution is 5.46. The average Bonchev–Trinajstić information content (AvgIpc) is 2.74. The molecule has 0 saturated carbocycles. The molecule has 1 aromatic carbocycles. The maximum Gasteiger partial charge on any atom is 0.170 e. The lowest BCUT2D eigenvalue weighted by Crippen LogP contribution is -2.19. The predicted octanol–water partition coefficient (Wildman–Crippen LogP) is 2.68. The summed E-state index contributed by atoms with van der Waals surface area (Å²) in [5.74, 6) is 0.145. The number of nitrogens with two attached hydrogens (primary N) is 1. The van der Waals surface area contributed by atoms with E-state index in [1.54, 1.807) is 16.8 Å². The maximum atomic E-state index is 13.9. The van der Waals surface area contributed by atoms with Crippen molar-refractivity contribution in [3.05, 3.63) is 29.7 Å². The van der Waals surface area contributed by atoms with Crippen molar-refractivity contribution in [2.24, 2.45) is 0 Å². The van der Waals surface area contributed by atoms with Crippen LogP contribution in [0, 0.1) is 5.82 Å². The molecule has 0 aliphatic heterocycles. The molecule has 0 amide bonds. The van der Waals surface area contributed by atoms with E-state index in [4.69, 9.17) is 10.5 Å². The summed E-state index contributed by atoms with van der Waals surface area (Å²) in [6, 6.07) is 4.68. The van der Waals surface area contributed by atoms with Gasteiger partial charge in [0.15, 0.2) is 17.4 Å². The van der Waals surface area contributed by atoms with E-state index in [1.165, 1.54) is 6.07 Å². The Bertz CT molecular complexity index is 616. The van der Waals surface area contributed by atoms with Gasteiger partial charge >= 0.3 is 0 Å². The first-order chi connectivity index (χ1) is 9.34. The lowest BCUT2D eigenvalue weighted by molar-refractivity contribution is 0.321. The SMILES string of the molecule is CCOc1ccc(-n2nnc(N)c2C(C)(C)C)cc1F. The summed E-state index contributed by atoms with van der Waals surface area (Å²) in [6.07, 6.45) is 0. The summed E-state index contributed by atoms with van der Waals surface area (Å²) in [5, 5.41) is 7.89. The number of ether oxygens (including phenoxy) is 1. The van der Waals surface area contributed by atoms with Crippen LogP contribution in [0.3, 0.4) is 0 Å². The van der Waals surface area contributed by atoms with E-state index < -0.39 is 5.82 Å². The van der Waals surface area contributed by atoms with Gasteiger partial charge in [-0.3, -0.25) is 0 Å². The normalized spacial score (nSPS) is 11.7. The molecule has 0 atom stereocenters. The van der Waals surface area contributed by atoms with Gasteiger partial charge in [0.2, 0.25) is 0 Å². The van der Waals surface area contributed by atoms with Crippen molar-refractivity contribution in [3.63, 3.8) is 0 Å². The molecule has 0 spiro atoms. The van der Waals surface area contributed by atoms with Gasteiger partial charge in [-0.15, -0.1) is 5.10 Å². The zero-order valence-corrected chi connectivity index (χ0v) is 12.1. The first-order valence-corrected chi connectivity index (χ1v) is 6.49. The molecule has 0 aliphatic carbocycles. The van der Waals surface area contributed by atoms with E-state index in [1.807, 2.05) is 27.7 Å². The number of hydrogen-bond donors (Lipinski definition) is 1. The van der Waals surface area contributed by atoms with E-state index in [2.05, 4.69) is 10.3 Å². The van der Waals surface area contributed by atoms with Crippen LogP contribution in [0.5, 0.6) is 5.75 Å². The second-order valence-corrected chi connectivity index (χ2v) is 5.53. The van der Waals surface area contributed by atoms with E-state index in [0.717, 1.165) is 5.69 Å². The van der Waals surface area contributed by atoms with Crippen LogP contribution in [0.4, 0.5) is 10.2 Å². The third-order valence-corrected chi connectivity index (χ3v) is 2.87. The van der Waals surface area contributed by atoms with Crippen LogP contribution in [0.25, 0.3) is 5.69 Å². The molecule has 108 valence electrons. The Morgan fingerprint density at radius 1 is 1.35 bits per heavy atom. The van der Waals surface area contributed by atoms with Crippen LogP contribution < -0.4 is 10.5 Å². The number of anilines is 1. The van der Waals surface area contributed by atoms with Gasteiger partial charge in [-0.05, 0) is 19.1 Å². The minimum absolute atomic E-state index is 0.224. The predicted molar refractivity (Wildman–Crippen MR) is 75.6 cm³/mol. The van der Waals surface area contributed by atoms with Gasteiger partial charge in [0.05, 0.1) is 18.0 Å².